The summed E-state index contributed by atoms with van der Waals surface area (Å²) in [5.74, 6) is 0. The number of likely N-dealkylation sites (N-methyl/N-ethyl adjacent to an activating group) is 1. The molecule has 0 amide bonds. The lowest BCUT2D eigenvalue weighted by Gasteiger charge is -2.35. The third-order valence-electron chi connectivity index (χ3n) is 6.28. The van der Waals surface area contributed by atoms with Crippen LogP contribution in [0.1, 0.15) is 24.8 Å². The van der Waals surface area contributed by atoms with E-state index in [0.29, 0.717) is 0 Å². The van der Waals surface area contributed by atoms with Gasteiger partial charge in [-0.05, 0) is 61.6 Å². The molecule has 0 radical (unpaired) electrons. The van der Waals surface area contributed by atoms with Gasteiger partial charge in [0.15, 0.2) is 5.11 Å². The number of benzene rings is 3. The summed E-state index contributed by atoms with van der Waals surface area (Å²) >= 11 is 6.06. The maximum absolute atomic E-state index is 6.06. The number of hydrogen-bond acceptors (Lipinski definition) is 2. The normalized spacial score (nSPS) is 14.5. The van der Waals surface area contributed by atoms with Crippen LogP contribution in [0, 0.1) is 0 Å². The van der Waals surface area contributed by atoms with Gasteiger partial charge in [-0.15, -0.1) is 0 Å². The molecule has 162 valence electrons. The van der Waals surface area contributed by atoms with Gasteiger partial charge in [-0.3, -0.25) is 0 Å². The zero-order valence-corrected chi connectivity index (χ0v) is 19.4. The molecule has 0 N–H and O–H groups in total. The summed E-state index contributed by atoms with van der Waals surface area (Å²) < 4.78 is 0. The van der Waals surface area contributed by atoms with Gasteiger partial charge in [0.1, 0.15) is 0 Å². The van der Waals surface area contributed by atoms with Crippen molar-refractivity contribution in [2.24, 2.45) is 0 Å². The molecule has 3 nitrogen and oxygen atoms in total. The lowest BCUT2D eigenvalue weighted by molar-refractivity contribution is 0.234. The number of thiocarbonyl (C=S) groups is 1. The summed E-state index contributed by atoms with van der Waals surface area (Å²) in [6.07, 6.45) is 4.99. The van der Waals surface area contributed by atoms with Crippen molar-refractivity contribution in [3.8, 4) is 0 Å². The maximum Gasteiger partial charge on any atom is 0.175 e. The predicted octanol–water partition coefficient (Wildman–Crippen LogP) is 5.59. The summed E-state index contributed by atoms with van der Waals surface area (Å²) in [6, 6.07) is 25.8. The van der Waals surface area contributed by atoms with Crippen molar-refractivity contribution in [2.75, 3.05) is 44.7 Å². The highest BCUT2D eigenvalue weighted by atomic mass is 32.1. The van der Waals surface area contributed by atoms with Gasteiger partial charge in [0, 0.05) is 32.1 Å². The van der Waals surface area contributed by atoms with Gasteiger partial charge in [0.2, 0.25) is 0 Å². The summed E-state index contributed by atoms with van der Waals surface area (Å²) in [5, 5.41) is 3.43. The molecule has 1 aliphatic heterocycles. The highest BCUT2D eigenvalue weighted by molar-refractivity contribution is 7.80. The van der Waals surface area contributed by atoms with Crippen molar-refractivity contribution in [1.29, 1.82) is 0 Å². The summed E-state index contributed by atoms with van der Waals surface area (Å²) in [4.78, 5) is 7.19. The van der Waals surface area contributed by atoms with E-state index in [0.717, 1.165) is 31.2 Å². The number of anilines is 1. The second-order valence-corrected chi connectivity index (χ2v) is 8.86. The van der Waals surface area contributed by atoms with Gasteiger partial charge in [0.25, 0.3) is 0 Å². The maximum atomic E-state index is 6.06. The van der Waals surface area contributed by atoms with Crippen LogP contribution in [0.3, 0.4) is 0 Å². The van der Waals surface area contributed by atoms with Crippen LogP contribution < -0.4 is 4.90 Å². The Hall–Kier alpha value is -2.43. The molecule has 0 aliphatic carbocycles. The number of piperidine rings is 1. The minimum atomic E-state index is 0.907. The van der Waals surface area contributed by atoms with Crippen LogP contribution in [0.25, 0.3) is 10.8 Å². The first-order valence-electron chi connectivity index (χ1n) is 11.5. The molecule has 31 heavy (non-hydrogen) atoms. The van der Waals surface area contributed by atoms with E-state index in [-0.39, 0.29) is 0 Å². The van der Waals surface area contributed by atoms with Crippen LogP contribution in [-0.4, -0.2) is 54.7 Å². The Morgan fingerprint density at radius 2 is 1.55 bits per heavy atom. The molecule has 1 aliphatic rings. The van der Waals surface area contributed by atoms with Crippen molar-refractivity contribution in [2.45, 2.75) is 25.7 Å². The quantitative estimate of drug-likeness (QED) is 0.451. The SMILES string of the molecule is CN(CCc1ccccc1)C(=S)N(CCN1CCCCC1)c1cccc2ccccc12. The average molecular weight is 432 g/mol. The van der Waals surface area contributed by atoms with E-state index < -0.39 is 0 Å². The Balaban J connectivity index is 1.54. The van der Waals surface area contributed by atoms with Gasteiger partial charge < -0.3 is 14.7 Å². The fourth-order valence-electron chi connectivity index (χ4n) is 4.43. The molecule has 3 aromatic rings. The fraction of sp³-hybridized carbons (Fsp3) is 0.370. The molecule has 1 saturated heterocycles. The van der Waals surface area contributed by atoms with Crippen LogP contribution in [-0.2, 0) is 6.42 Å². The predicted molar refractivity (Wildman–Crippen MR) is 137 cm³/mol. The van der Waals surface area contributed by atoms with Crippen LogP contribution >= 0.6 is 12.2 Å². The van der Waals surface area contributed by atoms with Crippen molar-refractivity contribution < 1.29 is 0 Å². The average Bonchev–Trinajstić information content (AvgIpc) is 2.84. The second-order valence-electron chi connectivity index (χ2n) is 8.49. The zero-order valence-electron chi connectivity index (χ0n) is 18.5. The Kier molecular flexibility index (Phi) is 7.55. The third-order valence-corrected chi connectivity index (χ3v) is 6.81. The molecule has 0 atom stereocenters. The molecule has 0 spiro atoms. The number of nitrogens with zero attached hydrogens (tertiary/aromatic N) is 3. The molecule has 4 heteroatoms. The van der Waals surface area contributed by atoms with Crippen molar-refractivity contribution in [3.05, 3.63) is 78.4 Å². The minimum absolute atomic E-state index is 0.907. The topological polar surface area (TPSA) is 9.72 Å². The van der Waals surface area contributed by atoms with Gasteiger partial charge in [-0.2, -0.15) is 0 Å². The van der Waals surface area contributed by atoms with Gasteiger partial charge >= 0.3 is 0 Å². The van der Waals surface area contributed by atoms with Gasteiger partial charge in [-0.1, -0.05) is 73.2 Å². The van der Waals surface area contributed by atoms with E-state index in [1.54, 1.807) is 0 Å². The van der Waals surface area contributed by atoms with Crippen LogP contribution in [0.5, 0.6) is 0 Å². The lowest BCUT2D eigenvalue weighted by atomic mass is 10.1. The monoisotopic (exact) mass is 431 g/mol. The number of rotatable bonds is 7. The molecular weight excluding hydrogens is 398 g/mol. The van der Waals surface area contributed by atoms with E-state index >= 15 is 0 Å². The molecule has 0 unspecified atom stereocenters. The summed E-state index contributed by atoms with van der Waals surface area (Å²) in [7, 11) is 2.13. The van der Waals surface area contributed by atoms with E-state index in [9.17, 15) is 0 Å². The Morgan fingerprint density at radius 1 is 0.839 bits per heavy atom. The van der Waals surface area contributed by atoms with Crippen LogP contribution in [0.4, 0.5) is 5.69 Å². The first-order chi connectivity index (χ1) is 15.2. The largest absolute Gasteiger partial charge is 0.352 e. The Morgan fingerprint density at radius 3 is 2.35 bits per heavy atom. The first-order valence-corrected chi connectivity index (χ1v) is 11.9. The van der Waals surface area contributed by atoms with Gasteiger partial charge in [-0.25, -0.2) is 0 Å². The van der Waals surface area contributed by atoms with Crippen molar-refractivity contribution >= 4 is 33.8 Å². The van der Waals surface area contributed by atoms with Crippen LogP contribution in [0.15, 0.2) is 72.8 Å². The smallest absolute Gasteiger partial charge is 0.175 e. The van der Waals surface area contributed by atoms with Crippen LogP contribution in [0.2, 0.25) is 0 Å². The number of fused-ring (bicyclic) bond motifs is 1. The summed E-state index contributed by atoms with van der Waals surface area (Å²) in [5.41, 5.74) is 2.56. The van der Waals surface area contributed by atoms with E-state index in [1.165, 1.54) is 54.4 Å². The van der Waals surface area contributed by atoms with Gasteiger partial charge in [0.05, 0.1) is 5.69 Å². The Labute approximate surface area is 192 Å². The molecule has 0 aromatic heterocycles. The standard InChI is InChI=1S/C27H33N3S/c1-28(20-17-23-11-4-2-5-12-23)27(31)30(22-21-29-18-8-3-9-19-29)26-16-10-14-24-13-6-7-15-25(24)26/h2,4-7,10-16H,3,8-9,17-22H2,1H3. The molecule has 4 rings (SSSR count). The Bertz CT molecular complexity index is 977. The molecular formula is C27H33N3S. The van der Waals surface area contributed by atoms with E-state index in [4.69, 9.17) is 12.2 Å². The molecule has 1 fully saturated rings. The minimum Gasteiger partial charge on any atom is -0.352 e. The highest BCUT2D eigenvalue weighted by Crippen LogP contribution is 2.28. The van der Waals surface area contributed by atoms with E-state index in [2.05, 4.69) is 94.5 Å². The molecule has 3 aromatic carbocycles. The zero-order chi connectivity index (χ0) is 21.5. The number of hydrogen-bond donors (Lipinski definition) is 0. The molecule has 1 heterocycles. The first kappa shape index (κ1) is 21.8. The third kappa shape index (κ3) is 5.63. The highest BCUT2D eigenvalue weighted by Gasteiger charge is 2.20. The lowest BCUT2D eigenvalue weighted by Crippen LogP contribution is -2.46. The second kappa shape index (κ2) is 10.7. The summed E-state index contributed by atoms with van der Waals surface area (Å²) in [6.45, 7) is 5.30. The molecule has 0 bridgehead atoms. The fourth-order valence-corrected chi connectivity index (χ4v) is 4.71. The van der Waals surface area contributed by atoms with Crippen molar-refractivity contribution in [3.63, 3.8) is 0 Å². The number of likely N-dealkylation sites (tertiary alicyclic amines) is 1. The van der Waals surface area contributed by atoms with Crippen molar-refractivity contribution in [1.82, 2.24) is 9.80 Å². The van der Waals surface area contributed by atoms with E-state index in [1.807, 2.05) is 0 Å². The molecule has 0 saturated carbocycles.